The van der Waals surface area contributed by atoms with Gasteiger partial charge in [-0.05, 0) is 68.9 Å². The normalized spacial score (nSPS) is 37.3. The predicted octanol–water partition coefficient (Wildman–Crippen LogP) is 3.68. The fraction of sp³-hybridized carbons (Fsp3) is 1.00. The lowest BCUT2D eigenvalue weighted by molar-refractivity contribution is -0.00411. The second-order valence-electron chi connectivity index (χ2n) is 8.01. The summed E-state index contributed by atoms with van der Waals surface area (Å²) in [7, 11) is 0. The zero-order valence-electron chi connectivity index (χ0n) is 13.4. The Bertz CT molecular complexity index is 287. The first-order valence-electron chi connectivity index (χ1n) is 8.31. The topological polar surface area (TPSA) is 23.5 Å². The van der Waals surface area contributed by atoms with Crippen LogP contribution in [0.15, 0.2) is 0 Å². The number of hydrogen-bond donors (Lipinski definition) is 1. The highest BCUT2D eigenvalue weighted by Gasteiger charge is 2.35. The maximum atomic E-state index is 10.4. The molecule has 0 amide bonds. The van der Waals surface area contributed by atoms with Gasteiger partial charge in [0.15, 0.2) is 0 Å². The molecule has 0 aromatic carbocycles. The summed E-state index contributed by atoms with van der Waals surface area (Å²) < 4.78 is 0. The highest BCUT2D eigenvalue weighted by molar-refractivity contribution is 4.89. The minimum Gasteiger partial charge on any atom is -0.391 e. The Balaban J connectivity index is 1.98. The molecule has 2 nitrogen and oxygen atoms in total. The summed E-state index contributed by atoms with van der Waals surface area (Å²) in [5.41, 5.74) is 0.492. The van der Waals surface area contributed by atoms with Crippen molar-refractivity contribution in [3.8, 4) is 0 Å². The fourth-order valence-corrected chi connectivity index (χ4v) is 3.94. The molecule has 0 bridgehead atoms. The zero-order valence-corrected chi connectivity index (χ0v) is 13.4. The van der Waals surface area contributed by atoms with Crippen LogP contribution in [0.1, 0.15) is 66.2 Å². The Labute approximate surface area is 119 Å². The molecular formula is C17H33NO. The highest BCUT2D eigenvalue weighted by atomic mass is 16.3. The molecule has 1 N–H and O–H groups in total. The van der Waals surface area contributed by atoms with Crippen LogP contribution in [0.3, 0.4) is 0 Å². The van der Waals surface area contributed by atoms with Crippen molar-refractivity contribution in [1.82, 2.24) is 4.90 Å². The molecule has 0 aromatic heterocycles. The Morgan fingerprint density at radius 1 is 1.11 bits per heavy atom. The van der Waals surface area contributed by atoms with E-state index in [1.807, 2.05) is 0 Å². The third-order valence-electron chi connectivity index (χ3n) is 5.61. The van der Waals surface area contributed by atoms with Crippen molar-refractivity contribution in [2.75, 3.05) is 13.1 Å². The van der Waals surface area contributed by atoms with Gasteiger partial charge in [-0.2, -0.15) is 0 Å². The van der Waals surface area contributed by atoms with Gasteiger partial charge in [0, 0.05) is 6.04 Å². The lowest BCUT2D eigenvalue weighted by atomic mass is 9.77. The molecule has 2 heteroatoms. The van der Waals surface area contributed by atoms with Crippen LogP contribution in [0.5, 0.6) is 0 Å². The summed E-state index contributed by atoms with van der Waals surface area (Å²) in [6.45, 7) is 11.8. The number of rotatable bonds is 2. The molecule has 3 unspecified atom stereocenters. The Morgan fingerprint density at radius 2 is 1.84 bits per heavy atom. The smallest absolute Gasteiger partial charge is 0.0695 e. The lowest BCUT2D eigenvalue weighted by Crippen LogP contribution is -2.48. The molecule has 1 aliphatic carbocycles. The zero-order chi connectivity index (χ0) is 14.0. The lowest BCUT2D eigenvalue weighted by Gasteiger charge is -2.41. The summed E-state index contributed by atoms with van der Waals surface area (Å²) in [4.78, 5) is 2.61. The highest BCUT2D eigenvalue weighted by Crippen LogP contribution is 2.36. The average molecular weight is 267 g/mol. The van der Waals surface area contributed by atoms with E-state index < -0.39 is 0 Å². The number of likely N-dealkylation sites (tertiary alicyclic amines) is 1. The van der Waals surface area contributed by atoms with Crippen LogP contribution in [-0.4, -0.2) is 35.2 Å². The van der Waals surface area contributed by atoms with Crippen molar-refractivity contribution >= 4 is 0 Å². The Morgan fingerprint density at radius 3 is 2.53 bits per heavy atom. The van der Waals surface area contributed by atoms with Gasteiger partial charge in [0.25, 0.3) is 0 Å². The van der Waals surface area contributed by atoms with E-state index in [0.29, 0.717) is 11.5 Å². The molecule has 2 fully saturated rings. The molecule has 1 heterocycles. The standard InChI is InChI=1S/C17H33NO/c1-13(2)14-6-7-16(19)15(12-14)18-10-5-8-17(3,4)9-11-18/h13-16,19H,5-12H2,1-4H3. The van der Waals surface area contributed by atoms with Crippen LogP contribution in [-0.2, 0) is 0 Å². The molecule has 1 saturated heterocycles. The van der Waals surface area contributed by atoms with Crippen molar-refractivity contribution in [3.63, 3.8) is 0 Å². The average Bonchev–Trinajstić information content (AvgIpc) is 2.51. The van der Waals surface area contributed by atoms with Crippen LogP contribution >= 0.6 is 0 Å². The summed E-state index contributed by atoms with van der Waals surface area (Å²) in [5.74, 6) is 1.57. The van der Waals surface area contributed by atoms with Crippen molar-refractivity contribution in [2.45, 2.75) is 78.4 Å². The molecule has 2 aliphatic rings. The summed E-state index contributed by atoms with van der Waals surface area (Å²) >= 11 is 0. The van der Waals surface area contributed by atoms with Crippen molar-refractivity contribution in [3.05, 3.63) is 0 Å². The van der Waals surface area contributed by atoms with Crippen LogP contribution in [0, 0.1) is 17.3 Å². The van der Waals surface area contributed by atoms with E-state index in [0.717, 1.165) is 18.3 Å². The second kappa shape index (κ2) is 6.13. The van der Waals surface area contributed by atoms with Crippen LogP contribution in [0.4, 0.5) is 0 Å². The van der Waals surface area contributed by atoms with Crippen LogP contribution in [0.25, 0.3) is 0 Å². The van der Waals surface area contributed by atoms with Gasteiger partial charge in [-0.3, -0.25) is 4.90 Å². The maximum absolute atomic E-state index is 10.4. The third kappa shape index (κ3) is 3.95. The van der Waals surface area contributed by atoms with Gasteiger partial charge < -0.3 is 5.11 Å². The Hall–Kier alpha value is -0.0800. The molecule has 19 heavy (non-hydrogen) atoms. The van der Waals surface area contributed by atoms with Crippen LogP contribution < -0.4 is 0 Å². The van der Waals surface area contributed by atoms with E-state index in [9.17, 15) is 5.11 Å². The number of hydrogen-bond acceptors (Lipinski definition) is 2. The van der Waals surface area contributed by atoms with Gasteiger partial charge in [-0.15, -0.1) is 0 Å². The maximum Gasteiger partial charge on any atom is 0.0695 e. The quantitative estimate of drug-likeness (QED) is 0.825. The summed E-state index contributed by atoms with van der Waals surface area (Å²) in [6, 6.07) is 0.426. The summed E-state index contributed by atoms with van der Waals surface area (Å²) in [6.07, 6.45) is 7.25. The largest absolute Gasteiger partial charge is 0.391 e. The molecule has 112 valence electrons. The first kappa shape index (κ1) is 15.3. The van der Waals surface area contributed by atoms with Crippen molar-refractivity contribution in [1.29, 1.82) is 0 Å². The monoisotopic (exact) mass is 267 g/mol. The van der Waals surface area contributed by atoms with Gasteiger partial charge in [-0.25, -0.2) is 0 Å². The minimum atomic E-state index is -0.0868. The molecule has 1 aliphatic heterocycles. The third-order valence-corrected chi connectivity index (χ3v) is 5.61. The minimum absolute atomic E-state index is 0.0868. The van der Waals surface area contributed by atoms with E-state index in [1.165, 1.54) is 45.2 Å². The van der Waals surface area contributed by atoms with Crippen molar-refractivity contribution in [2.24, 2.45) is 17.3 Å². The molecule has 3 atom stereocenters. The first-order chi connectivity index (χ1) is 8.89. The number of nitrogens with zero attached hydrogens (tertiary/aromatic N) is 1. The van der Waals surface area contributed by atoms with E-state index in [1.54, 1.807) is 0 Å². The van der Waals surface area contributed by atoms with E-state index in [4.69, 9.17) is 0 Å². The van der Waals surface area contributed by atoms with Gasteiger partial charge in [0.2, 0.25) is 0 Å². The van der Waals surface area contributed by atoms with E-state index in [-0.39, 0.29) is 6.10 Å². The van der Waals surface area contributed by atoms with Crippen molar-refractivity contribution < 1.29 is 5.11 Å². The fourth-order valence-electron chi connectivity index (χ4n) is 3.94. The van der Waals surface area contributed by atoms with Gasteiger partial charge >= 0.3 is 0 Å². The second-order valence-corrected chi connectivity index (χ2v) is 8.01. The van der Waals surface area contributed by atoms with Crippen LogP contribution in [0.2, 0.25) is 0 Å². The number of aliphatic hydroxyl groups excluding tert-OH is 1. The molecule has 1 saturated carbocycles. The van der Waals surface area contributed by atoms with Gasteiger partial charge in [0.05, 0.1) is 6.10 Å². The van der Waals surface area contributed by atoms with Gasteiger partial charge in [-0.1, -0.05) is 27.7 Å². The number of aliphatic hydroxyl groups is 1. The molecular weight excluding hydrogens is 234 g/mol. The Kier molecular flexibility index (Phi) is 4.94. The molecule has 0 spiro atoms. The summed E-state index contributed by atoms with van der Waals surface area (Å²) in [5, 5.41) is 10.4. The van der Waals surface area contributed by atoms with E-state index in [2.05, 4.69) is 32.6 Å². The molecule has 2 rings (SSSR count). The van der Waals surface area contributed by atoms with E-state index >= 15 is 0 Å². The van der Waals surface area contributed by atoms with Gasteiger partial charge in [0.1, 0.15) is 0 Å². The predicted molar refractivity (Wildman–Crippen MR) is 81.2 cm³/mol. The first-order valence-corrected chi connectivity index (χ1v) is 8.31. The molecule has 0 aromatic rings. The SMILES string of the molecule is CC(C)C1CCC(O)C(N2CCCC(C)(C)CC2)C1. The molecule has 0 radical (unpaired) electrons.